The molecular weight excluding hydrogens is 256 g/mol. The minimum absolute atomic E-state index is 0.199. The minimum Gasteiger partial charge on any atom is -0.487 e. The van der Waals surface area contributed by atoms with Crippen LogP contribution in [0.3, 0.4) is 0 Å². The maximum atomic E-state index is 6.19. The molecule has 0 aromatic heterocycles. The molecule has 1 aliphatic heterocycles. The fourth-order valence-corrected chi connectivity index (χ4v) is 3.36. The summed E-state index contributed by atoms with van der Waals surface area (Å²) < 4.78 is 6.19. The first-order valence-corrected chi connectivity index (χ1v) is 7.78. The summed E-state index contributed by atoms with van der Waals surface area (Å²) in [6.45, 7) is 11.0. The second kappa shape index (κ2) is 4.91. The van der Waals surface area contributed by atoms with Crippen LogP contribution in [0.5, 0.6) is 5.75 Å². The molecule has 1 atom stereocenters. The van der Waals surface area contributed by atoms with Gasteiger partial charge in [0.25, 0.3) is 0 Å². The lowest BCUT2D eigenvalue weighted by atomic mass is 9.80. The Hall–Kier alpha value is -1.76. The molecule has 0 saturated heterocycles. The Morgan fingerprint density at radius 1 is 1.00 bits per heavy atom. The number of fused-ring (bicyclic) bond motifs is 1. The van der Waals surface area contributed by atoms with Gasteiger partial charge in [-0.05, 0) is 43.9 Å². The van der Waals surface area contributed by atoms with E-state index in [-0.39, 0.29) is 5.60 Å². The highest BCUT2D eigenvalue weighted by Gasteiger charge is 2.41. The monoisotopic (exact) mass is 280 g/mol. The van der Waals surface area contributed by atoms with Gasteiger partial charge in [0.1, 0.15) is 11.4 Å². The molecule has 0 saturated carbocycles. The summed E-state index contributed by atoms with van der Waals surface area (Å²) in [7, 11) is 0. The van der Waals surface area contributed by atoms with E-state index in [2.05, 4.69) is 77.1 Å². The van der Waals surface area contributed by atoms with Crippen molar-refractivity contribution in [2.45, 2.75) is 52.1 Å². The van der Waals surface area contributed by atoms with E-state index in [9.17, 15) is 0 Å². The largest absolute Gasteiger partial charge is 0.487 e. The average molecular weight is 280 g/mol. The lowest BCUT2D eigenvalue weighted by Gasteiger charge is -2.27. The molecule has 1 heteroatoms. The zero-order valence-electron chi connectivity index (χ0n) is 13.6. The smallest absolute Gasteiger partial charge is 0.124 e. The van der Waals surface area contributed by atoms with Gasteiger partial charge in [-0.15, -0.1) is 0 Å². The number of aryl methyl sites for hydroxylation is 1. The van der Waals surface area contributed by atoms with Crippen molar-refractivity contribution in [3.8, 4) is 5.75 Å². The molecule has 1 heterocycles. The molecule has 21 heavy (non-hydrogen) atoms. The Labute approximate surface area is 128 Å². The average Bonchev–Trinajstić information content (AvgIpc) is 2.68. The lowest BCUT2D eigenvalue weighted by Crippen LogP contribution is -2.30. The van der Waals surface area contributed by atoms with E-state index in [0.717, 1.165) is 5.75 Å². The van der Waals surface area contributed by atoms with Gasteiger partial charge in [0.15, 0.2) is 0 Å². The first-order chi connectivity index (χ1) is 9.88. The van der Waals surface area contributed by atoms with E-state index in [1.807, 2.05) is 0 Å². The van der Waals surface area contributed by atoms with Crippen LogP contribution >= 0.6 is 0 Å². The van der Waals surface area contributed by atoms with Crippen molar-refractivity contribution in [1.29, 1.82) is 0 Å². The van der Waals surface area contributed by atoms with Crippen LogP contribution in [0.4, 0.5) is 0 Å². The van der Waals surface area contributed by atoms with Gasteiger partial charge in [-0.2, -0.15) is 0 Å². The third-order valence-electron chi connectivity index (χ3n) is 4.48. The Balaban J connectivity index is 2.06. The van der Waals surface area contributed by atoms with Crippen LogP contribution in [0, 0.1) is 6.92 Å². The van der Waals surface area contributed by atoms with Gasteiger partial charge in [0.05, 0.1) is 5.92 Å². The molecule has 110 valence electrons. The number of hydrogen-bond donors (Lipinski definition) is 0. The second-order valence-corrected chi connectivity index (χ2v) is 7.00. The van der Waals surface area contributed by atoms with Crippen LogP contribution in [-0.4, -0.2) is 5.60 Å². The second-order valence-electron chi connectivity index (χ2n) is 7.00. The molecule has 0 N–H and O–H groups in total. The van der Waals surface area contributed by atoms with Gasteiger partial charge in [0.2, 0.25) is 0 Å². The van der Waals surface area contributed by atoms with Crippen molar-refractivity contribution in [1.82, 2.24) is 0 Å². The first kappa shape index (κ1) is 14.2. The molecule has 1 nitrogen and oxygen atoms in total. The van der Waals surface area contributed by atoms with E-state index >= 15 is 0 Å². The number of benzene rings is 2. The zero-order chi connectivity index (χ0) is 15.2. The highest BCUT2D eigenvalue weighted by molar-refractivity contribution is 5.50. The van der Waals surface area contributed by atoms with Crippen molar-refractivity contribution in [2.24, 2.45) is 0 Å². The Bertz CT molecular complexity index is 650. The van der Waals surface area contributed by atoms with Gasteiger partial charge in [0, 0.05) is 5.56 Å². The Morgan fingerprint density at radius 2 is 1.67 bits per heavy atom. The fourth-order valence-electron chi connectivity index (χ4n) is 3.36. The van der Waals surface area contributed by atoms with E-state index in [1.165, 1.54) is 22.3 Å². The quantitative estimate of drug-likeness (QED) is 0.713. The van der Waals surface area contributed by atoms with Crippen molar-refractivity contribution in [2.75, 3.05) is 0 Å². The number of ether oxygens (including phenoxy) is 1. The molecule has 0 amide bonds. The maximum absolute atomic E-state index is 6.19. The molecule has 0 bridgehead atoms. The molecular formula is C20H24O. The van der Waals surface area contributed by atoms with Gasteiger partial charge in [-0.3, -0.25) is 0 Å². The van der Waals surface area contributed by atoms with Gasteiger partial charge in [-0.1, -0.05) is 55.8 Å². The highest BCUT2D eigenvalue weighted by atomic mass is 16.5. The minimum atomic E-state index is -0.199. The molecule has 0 radical (unpaired) electrons. The lowest BCUT2D eigenvalue weighted by molar-refractivity contribution is 0.122. The van der Waals surface area contributed by atoms with Crippen LogP contribution < -0.4 is 4.74 Å². The van der Waals surface area contributed by atoms with Gasteiger partial charge < -0.3 is 4.74 Å². The molecule has 0 spiro atoms. The third kappa shape index (κ3) is 2.46. The van der Waals surface area contributed by atoms with Gasteiger partial charge in [-0.25, -0.2) is 0 Å². The van der Waals surface area contributed by atoms with Crippen LogP contribution in [0.1, 0.15) is 61.8 Å². The van der Waals surface area contributed by atoms with Crippen LogP contribution in [0.15, 0.2) is 42.5 Å². The fraction of sp³-hybridized carbons (Fsp3) is 0.400. The van der Waals surface area contributed by atoms with Crippen molar-refractivity contribution in [3.05, 3.63) is 64.7 Å². The normalized spacial score (nSPS) is 19.4. The maximum Gasteiger partial charge on any atom is 0.124 e. The van der Waals surface area contributed by atoms with Crippen molar-refractivity contribution in [3.63, 3.8) is 0 Å². The van der Waals surface area contributed by atoms with E-state index in [0.29, 0.717) is 11.8 Å². The summed E-state index contributed by atoms with van der Waals surface area (Å²) >= 11 is 0. The summed E-state index contributed by atoms with van der Waals surface area (Å²) in [5.41, 5.74) is 5.14. The van der Waals surface area contributed by atoms with Crippen molar-refractivity contribution >= 4 is 0 Å². The summed E-state index contributed by atoms with van der Waals surface area (Å²) in [6.07, 6.45) is 0. The standard InChI is InChI=1S/C20H24O/c1-13(2)15-7-9-16(10-8-15)19-17-12-14(3)6-11-18(17)21-20(19,4)5/h6-13,19H,1-5H3. The summed E-state index contributed by atoms with van der Waals surface area (Å²) in [5.74, 6) is 1.90. The molecule has 1 unspecified atom stereocenters. The van der Waals surface area contributed by atoms with Crippen molar-refractivity contribution < 1.29 is 4.74 Å². The van der Waals surface area contributed by atoms with Crippen LogP contribution in [0.25, 0.3) is 0 Å². The summed E-state index contributed by atoms with van der Waals surface area (Å²) in [5, 5.41) is 0. The number of rotatable bonds is 2. The molecule has 2 aromatic carbocycles. The van der Waals surface area contributed by atoms with Gasteiger partial charge >= 0.3 is 0 Å². The zero-order valence-corrected chi connectivity index (χ0v) is 13.6. The van der Waals surface area contributed by atoms with Crippen LogP contribution in [0.2, 0.25) is 0 Å². The third-order valence-corrected chi connectivity index (χ3v) is 4.48. The van der Waals surface area contributed by atoms with E-state index in [1.54, 1.807) is 0 Å². The summed E-state index contributed by atoms with van der Waals surface area (Å²) in [6, 6.07) is 15.5. The SMILES string of the molecule is Cc1ccc2c(c1)C(c1ccc(C(C)C)cc1)C(C)(C)O2. The summed E-state index contributed by atoms with van der Waals surface area (Å²) in [4.78, 5) is 0. The molecule has 2 aromatic rings. The van der Waals surface area contributed by atoms with E-state index < -0.39 is 0 Å². The molecule has 1 aliphatic rings. The Morgan fingerprint density at radius 3 is 2.29 bits per heavy atom. The molecule has 3 rings (SSSR count). The first-order valence-electron chi connectivity index (χ1n) is 7.78. The topological polar surface area (TPSA) is 9.23 Å². The predicted octanol–water partition coefficient (Wildman–Crippen LogP) is 5.42. The number of hydrogen-bond acceptors (Lipinski definition) is 1. The molecule has 0 aliphatic carbocycles. The molecule has 0 fully saturated rings. The predicted molar refractivity (Wildman–Crippen MR) is 88.3 cm³/mol. The highest BCUT2D eigenvalue weighted by Crippen LogP contribution is 2.48. The Kier molecular flexibility index (Phi) is 3.32. The van der Waals surface area contributed by atoms with Crippen LogP contribution in [-0.2, 0) is 0 Å². The van der Waals surface area contributed by atoms with E-state index in [4.69, 9.17) is 4.74 Å².